The van der Waals surface area contributed by atoms with E-state index in [2.05, 4.69) is 20.8 Å². The van der Waals surface area contributed by atoms with Gasteiger partial charge in [0.25, 0.3) is 11.8 Å². The number of aromatic amines is 1. The molecule has 1 saturated heterocycles. The number of nitrogens with one attached hydrogen (secondary N) is 3. The number of halogens is 2. The number of nitrogens with zero attached hydrogens (tertiary/aromatic N) is 2. The summed E-state index contributed by atoms with van der Waals surface area (Å²) in [5.74, 6) is 3.68. The highest BCUT2D eigenvalue weighted by atomic mass is 35.5. The molecule has 0 spiro atoms. The number of hydrazine groups is 1. The standard InChI is InChI=1S/C16H18ClFN6O2/c17-10-2-1-3-11(18)13(10)16(26)24(19)12-8-21-23-14(12)15(25)22-9-4-6-20-7-5-9/h1-3,8-9,20H,4-7,19H2,(H,21,23)(H,22,25). The van der Waals surface area contributed by atoms with E-state index in [9.17, 15) is 14.0 Å². The highest BCUT2D eigenvalue weighted by Gasteiger charge is 2.27. The Morgan fingerprint density at radius 2 is 2.08 bits per heavy atom. The van der Waals surface area contributed by atoms with Crippen LogP contribution in [0.2, 0.25) is 5.02 Å². The van der Waals surface area contributed by atoms with Crippen LogP contribution in [0.25, 0.3) is 0 Å². The number of amides is 2. The molecule has 26 heavy (non-hydrogen) atoms. The third kappa shape index (κ3) is 3.69. The van der Waals surface area contributed by atoms with Gasteiger partial charge in [-0.3, -0.25) is 14.7 Å². The van der Waals surface area contributed by atoms with E-state index in [1.54, 1.807) is 0 Å². The second kappa shape index (κ2) is 7.81. The van der Waals surface area contributed by atoms with E-state index >= 15 is 0 Å². The topological polar surface area (TPSA) is 116 Å². The van der Waals surface area contributed by atoms with Crippen LogP contribution in [0.3, 0.4) is 0 Å². The lowest BCUT2D eigenvalue weighted by Crippen LogP contribution is -2.44. The van der Waals surface area contributed by atoms with E-state index < -0.39 is 17.6 Å². The first kappa shape index (κ1) is 18.3. The number of carbonyl (C=O) groups excluding carboxylic acids is 2. The Balaban J connectivity index is 1.80. The molecule has 10 heteroatoms. The SMILES string of the molecule is NN(C(=O)c1c(F)cccc1Cl)c1c[nH]nc1C(=O)NC1CCNCC1. The molecule has 3 rings (SSSR count). The monoisotopic (exact) mass is 380 g/mol. The van der Waals surface area contributed by atoms with E-state index in [4.69, 9.17) is 17.4 Å². The fraction of sp³-hybridized carbons (Fsp3) is 0.312. The van der Waals surface area contributed by atoms with Gasteiger partial charge in [-0.05, 0) is 38.1 Å². The Kier molecular flexibility index (Phi) is 5.50. The molecule has 0 radical (unpaired) electrons. The normalized spacial score (nSPS) is 14.9. The van der Waals surface area contributed by atoms with Crippen molar-refractivity contribution in [1.82, 2.24) is 20.8 Å². The van der Waals surface area contributed by atoms with Crippen LogP contribution < -0.4 is 21.5 Å². The summed E-state index contributed by atoms with van der Waals surface area (Å²) in [7, 11) is 0. The summed E-state index contributed by atoms with van der Waals surface area (Å²) in [5.41, 5.74) is -0.393. The predicted octanol–water partition coefficient (Wildman–Crippen LogP) is 1.20. The summed E-state index contributed by atoms with van der Waals surface area (Å²) in [6.07, 6.45) is 2.88. The number of piperidine rings is 1. The van der Waals surface area contributed by atoms with Crippen LogP contribution in [0.15, 0.2) is 24.4 Å². The smallest absolute Gasteiger partial charge is 0.277 e. The number of nitrogens with two attached hydrogens (primary N) is 1. The van der Waals surface area contributed by atoms with Gasteiger partial charge < -0.3 is 10.6 Å². The minimum atomic E-state index is -0.884. The lowest BCUT2D eigenvalue weighted by Gasteiger charge is -2.24. The fourth-order valence-corrected chi connectivity index (χ4v) is 3.03. The number of rotatable bonds is 4. The first-order valence-corrected chi connectivity index (χ1v) is 8.45. The Hall–Kier alpha value is -2.49. The quantitative estimate of drug-likeness (QED) is 0.361. The molecule has 8 nitrogen and oxygen atoms in total. The Morgan fingerprint density at radius 3 is 2.77 bits per heavy atom. The van der Waals surface area contributed by atoms with Crippen LogP contribution in [0.4, 0.5) is 10.1 Å². The zero-order chi connectivity index (χ0) is 18.7. The number of hydrogen-bond donors (Lipinski definition) is 4. The zero-order valence-electron chi connectivity index (χ0n) is 13.8. The molecular weight excluding hydrogens is 363 g/mol. The maximum absolute atomic E-state index is 14.0. The molecule has 1 aromatic carbocycles. The second-order valence-electron chi connectivity index (χ2n) is 5.89. The molecule has 0 saturated carbocycles. The van der Waals surface area contributed by atoms with E-state index in [0.29, 0.717) is 5.01 Å². The van der Waals surface area contributed by atoms with Gasteiger partial charge in [-0.2, -0.15) is 5.10 Å². The molecule has 1 aliphatic rings. The van der Waals surface area contributed by atoms with Crippen molar-refractivity contribution < 1.29 is 14.0 Å². The van der Waals surface area contributed by atoms with Gasteiger partial charge >= 0.3 is 0 Å². The van der Waals surface area contributed by atoms with Crippen LogP contribution in [0.5, 0.6) is 0 Å². The van der Waals surface area contributed by atoms with Crippen molar-refractivity contribution in [2.75, 3.05) is 18.1 Å². The van der Waals surface area contributed by atoms with Gasteiger partial charge in [-0.1, -0.05) is 17.7 Å². The average Bonchev–Trinajstić information content (AvgIpc) is 3.11. The van der Waals surface area contributed by atoms with Crippen molar-refractivity contribution in [3.05, 3.63) is 46.5 Å². The summed E-state index contributed by atoms with van der Waals surface area (Å²) in [5, 5.41) is 13.0. The Labute approximate surface area is 153 Å². The molecule has 0 atom stereocenters. The fourth-order valence-electron chi connectivity index (χ4n) is 2.79. The molecule has 1 aromatic heterocycles. The van der Waals surface area contributed by atoms with Gasteiger partial charge in [0.1, 0.15) is 11.5 Å². The maximum atomic E-state index is 14.0. The molecule has 0 bridgehead atoms. The molecule has 2 aromatic rings. The van der Waals surface area contributed by atoms with Crippen molar-refractivity contribution in [3.63, 3.8) is 0 Å². The van der Waals surface area contributed by atoms with Gasteiger partial charge in [0, 0.05) is 12.2 Å². The van der Waals surface area contributed by atoms with E-state index in [-0.39, 0.29) is 28.0 Å². The lowest BCUT2D eigenvalue weighted by molar-refractivity contribution is 0.0925. The molecule has 1 fully saturated rings. The second-order valence-corrected chi connectivity index (χ2v) is 6.30. The molecule has 138 valence electrons. The van der Waals surface area contributed by atoms with E-state index in [1.807, 2.05) is 0 Å². The summed E-state index contributed by atoms with van der Waals surface area (Å²) < 4.78 is 14.0. The van der Waals surface area contributed by atoms with Crippen LogP contribution in [0.1, 0.15) is 33.7 Å². The van der Waals surface area contributed by atoms with Crippen molar-refractivity contribution in [2.24, 2.45) is 5.84 Å². The third-order valence-corrected chi connectivity index (χ3v) is 4.48. The molecule has 2 amide bonds. The zero-order valence-corrected chi connectivity index (χ0v) is 14.5. The van der Waals surface area contributed by atoms with Crippen LogP contribution >= 0.6 is 11.6 Å². The molecule has 1 aliphatic heterocycles. The van der Waals surface area contributed by atoms with Crippen molar-refractivity contribution >= 4 is 29.1 Å². The molecular formula is C16H18ClFN6O2. The highest BCUT2D eigenvalue weighted by molar-refractivity contribution is 6.34. The minimum Gasteiger partial charge on any atom is -0.348 e. The summed E-state index contributed by atoms with van der Waals surface area (Å²) in [6.45, 7) is 1.62. The summed E-state index contributed by atoms with van der Waals surface area (Å²) in [6, 6.07) is 3.88. The third-order valence-electron chi connectivity index (χ3n) is 4.16. The van der Waals surface area contributed by atoms with Crippen LogP contribution in [-0.4, -0.2) is 41.1 Å². The average molecular weight is 381 g/mol. The number of carbonyl (C=O) groups is 2. The largest absolute Gasteiger partial charge is 0.348 e. The number of anilines is 1. The Morgan fingerprint density at radius 1 is 1.35 bits per heavy atom. The first-order valence-electron chi connectivity index (χ1n) is 8.07. The van der Waals surface area contributed by atoms with Crippen molar-refractivity contribution in [1.29, 1.82) is 0 Å². The van der Waals surface area contributed by atoms with E-state index in [1.165, 1.54) is 18.3 Å². The number of benzene rings is 1. The minimum absolute atomic E-state index is 0.0104. The summed E-state index contributed by atoms with van der Waals surface area (Å²) in [4.78, 5) is 25.0. The van der Waals surface area contributed by atoms with Gasteiger partial charge in [0.2, 0.25) is 0 Å². The van der Waals surface area contributed by atoms with E-state index in [0.717, 1.165) is 32.0 Å². The van der Waals surface area contributed by atoms with Gasteiger partial charge in [-0.25, -0.2) is 15.2 Å². The molecule has 5 N–H and O–H groups in total. The first-order chi connectivity index (χ1) is 12.5. The number of aromatic nitrogens is 2. The number of H-pyrrole nitrogens is 1. The predicted molar refractivity (Wildman–Crippen MR) is 94.4 cm³/mol. The number of hydrogen-bond acceptors (Lipinski definition) is 5. The van der Waals surface area contributed by atoms with Gasteiger partial charge in [0.05, 0.1) is 10.6 Å². The van der Waals surface area contributed by atoms with Crippen molar-refractivity contribution in [3.8, 4) is 0 Å². The van der Waals surface area contributed by atoms with Crippen molar-refractivity contribution in [2.45, 2.75) is 18.9 Å². The summed E-state index contributed by atoms with van der Waals surface area (Å²) >= 11 is 5.91. The Bertz CT molecular complexity index is 801. The van der Waals surface area contributed by atoms with Gasteiger partial charge in [-0.15, -0.1) is 0 Å². The lowest BCUT2D eigenvalue weighted by atomic mass is 10.1. The molecule has 2 heterocycles. The highest BCUT2D eigenvalue weighted by Crippen LogP contribution is 2.24. The van der Waals surface area contributed by atoms with Gasteiger partial charge in [0.15, 0.2) is 5.69 Å². The van der Waals surface area contributed by atoms with Crippen LogP contribution in [-0.2, 0) is 0 Å². The maximum Gasteiger partial charge on any atom is 0.277 e. The molecule has 0 unspecified atom stereocenters. The van der Waals surface area contributed by atoms with Crippen LogP contribution in [0, 0.1) is 5.82 Å². The molecule has 0 aliphatic carbocycles.